The Kier molecular flexibility index (Phi) is 5.64. The molecule has 1 aromatic carbocycles. The van der Waals surface area contributed by atoms with Crippen molar-refractivity contribution in [2.75, 3.05) is 5.32 Å². The lowest BCUT2D eigenvalue weighted by Gasteiger charge is -2.18. The Morgan fingerprint density at radius 1 is 1.33 bits per heavy atom. The number of rotatable bonds is 4. The molecule has 0 radical (unpaired) electrons. The van der Waals surface area contributed by atoms with Gasteiger partial charge in [-0.1, -0.05) is 0 Å². The smallest absolute Gasteiger partial charge is 0.325 e. The average Bonchev–Trinajstić information content (AvgIpc) is 2.31. The molecule has 6 nitrogen and oxygen atoms in total. The van der Waals surface area contributed by atoms with E-state index in [1.807, 2.05) is 27.9 Å². The maximum Gasteiger partial charge on any atom is 0.325 e. The number of halogens is 2. The minimum Gasteiger partial charge on any atom is -0.481 e. The van der Waals surface area contributed by atoms with Crippen molar-refractivity contribution < 1.29 is 23.9 Å². The molecule has 0 atom stereocenters. The second-order valence-electron chi connectivity index (χ2n) is 4.99. The third-order valence-electron chi connectivity index (χ3n) is 2.61. The zero-order chi connectivity index (χ0) is 16.2. The largest absolute Gasteiger partial charge is 0.481 e. The molecule has 0 aromatic heterocycles. The molecule has 0 fully saturated rings. The summed E-state index contributed by atoms with van der Waals surface area (Å²) in [5.74, 6) is -2.28. The van der Waals surface area contributed by atoms with Crippen LogP contribution in [0.3, 0.4) is 0 Å². The van der Waals surface area contributed by atoms with E-state index in [1.54, 1.807) is 0 Å². The van der Waals surface area contributed by atoms with Gasteiger partial charge in [-0.15, -0.1) is 0 Å². The predicted octanol–water partition coefficient (Wildman–Crippen LogP) is 2.58. The van der Waals surface area contributed by atoms with Crippen LogP contribution in [0.5, 0.6) is 0 Å². The molecule has 3 N–H and O–H groups in total. The van der Waals surface area contributed by atoms with E-state index in [2.05, 4.69) is 5.32 Å². The Hall–Kier alpha value is -1.71. The van der Waals surface area contributed by atoms with Gasteiger partial charge in [0.05, 0.1) is 11.1 Å². The first kappa shape index (κ1) is 17.3. The van der Waals surface area contributed by atoms with Crippen molar-refractivity contribution in [2.45, 2.75) is 20.3 Å². The molecule has 3 amide bonds. The molecule has 114 valence electrons. The number of carboxylic acid groups (broad SMARTS) is 1. The van der Waals surface area contributed by atoms with Crippen LogP contribution >= 0.6 is 22.6 Å². The van der Waals surface area contributed by atoms with Crippen molar-refractivity contribution in [2.24, 2.45) is 5.41 Å². The molecule has 0 aliphatic heterocycles. The summed E-state index contributed by atoms with van der Waals surface area (Å²) >= 11 is 1.84. The molecule has 8 heteroatoms. The number of urea groups is 1. The van der Waals surface area contributed by atoms with Gasteiger partial charge in [0.15, 0.2) is 0 Å². The van der Waals surface area contributed by atoms with E-state index in [0.29, 0.717) is 9.26 Å². The molecule has 0 saturated carbocycles. The lowest BCUT2D eigenvalue weighted by Crippen LogP contribution is -2.38. The quantitative estimate of drug-likeness (QED) is 0.668. The second-order valence-corrected chi connectivity index (χ2v) is 6.15. The summed E-state index contributed by atoms with van der Waals surface area (Å²) in [5, 5.41) is 13.3. The SMILES string of the molecule is CC(C)(CC(=O)NC(=O)Nc1ccc(F)cc1I)C(=O)O. The molecule has 0 aliphatic carbocycles. The summed E-state index contributed by atoms with van der Waals surface area (Å²) in [7, 11) is 0. The van der Waals surface area contributed by atoms with Gasteiger partial charge in [0.25, 0.3) is 0 Å². The fourth-order valence-electron chi connectivity index (χ4n) is 1.39. The van der Waals surface area contributed by atoms with E-state index in [0.717, 1.165) is 0 Å². The summed E-state index contributed by atoms with van der Waals surface area (Å²) in [6.45, 7) is 2.77. The van der Waals surface area contributed by atoms with Crippen LogP contribution in [0.25, 0.3) is 0 Å². The Morgan fingerprint density at radius 3 is 2.48 bits per heavy atom. The molecule has 0 saturated heterocycles. The number of nitrogens with one attached hydrogen (secondary N) is 2. The van der Waals surface area contributed by atoms with Gasteiger partial charge in [-0.05, 0) is 54.6 Å². The third kappa shape index (κ3) is 5.29. The maximum atomic E-state index is 12.9. The monoisotopic (exact) mass is 408 g/mol. The number of carbonyl (C=O) groups is 3. The zero-order valence-corrected chi connectivity index (χ0v) is 13.5. The summed E-state index contributed by atoms with van der Waals surface area (Å²) in [5.41, 5.74) is -0.922. The van der Waals surface area contributed by atoms with Gasteiger partial charge >= 0.3 is 12.0 Å². The first-order chi connectivity index (χ1) is 9.61. The van der Waals surface area contributed by atoms with E-state index in [9.17, 15) is 18.8 Å². The normalized spacial score (nSPS) is 10.9. The van der Waals surface area contributed by atoms with Crippen LogP contribution in [-0.4, -0.2) is 23.0 Å². The number of hydrogen-bond acceptors (Lipinski definition) is 3. The zero-order valence-electron chi connectivity index (χ0n) is 11.4. The number of carboxylic acids is 1. The van der Waals surface area contributed by atoms with Gasteiger partial charge in [-0.3, -0.25) is 14.9 Å². The Bertz CT molecular complexity index is 590. The second kappa shape index (κ2) is 6.83. The highest BCUT2D eigenvalue weighted by Crippen LogP contribution is 2.21. The Balaban J connectivity index is 2.61. The number of anilines is 1. The number of amides is 3. The van der Waals surface area contributed by atoms with E-state index < -0.39 is 29.1 Å². The third-order valence-corrected chi connectivity index (χ3v) is 3.51. The minimum atomic E-state index is -1.27. The lowest BCUT2D eigenvalue weighted by atomic mass is 9.89. The van der Waals surface area contributed by atoms with Gasteiger partial charge in [0.1, 0.15) is 5.82 Å². The summed E-state index contributed by atoms with van der Waals surface area (Å²) in [4.78, 5) is 34.1. The minimum absolute atomic E-state index is 0.337. The molecule has 21 heavy (non-hydrogen) atoms. The maximum absolute atomic E-state index is 12.9. The van der Waals surface area contributed by atoms with Crippen LogP contribution < -0.4 is 10.6 Å². The molecular weight excluding hydrogens is 394 g/mol. The standard InChI is InChI=1S/C13H14FIN2O4/c1-13(2,11(19)20)6-10(18)17-12(21)16-9-4-3-7(14)5-8(9)15/h3-5H,6H2,1-2H3,(H,19,20)(H2,16,17,18,21). The van der Waals surface area contributed by atoms with Crippen molar-refractivity contribution in [3.63, 3.8) is 0 Å². The summed E-state index contributed by atoms with van der Waals surface area (Å²) in [6.07, 6.45) is -0.337. The summed E-state index contributed by atoms with van der Waals surface area (Å²) < 4.78 is 13.4. The van der Waals surface area contributed by atoms with Gasteiger partial charge in [-0.25, -0.2) is 9.18 Å². The molecule has 0 heterocycles. The number of imide groups is 1. The molecule has 0 bridgehead atoms. The molecule has 1 aromatic rings. The fraction of sp³-hybridized carbons (Fsp3) is 0.308. The highest BCUT2D eigenvalue weighted by atomic mass is 127. The molecule has 0 spiro atoms. The number of hydrogen-bond donors (Lipinski definition) is 3. The van der Waals surface area contributed by atoms with Crippen LogP contribution in [0.4, 0.5) is 14.9 Å². The predicted molar refractivity (Wildman–Crippen MR) is 82.3 cm³/mol. The van der Waals surface area contributed by atoms with Crippen LogP contribution in [-0.2, 0) is 9.59 Å². The van der Waals surface area contributed by atoms with Gasteiger partial charge < -0.3 is 10.4 Å². The van der Waals surface area contributed by atoms with Crippen LogP contribution in [0.15, 0.2) is 18.2 Å². The topological polar surface area (TPSA) is 95.5 Å². The first-order valence-corrected chi connectivity index (χ1v) is 6.99. The van der Waals surface area contributed by atoms with E-state index in [1.165, 1.54) is 32.0 Å². The molecular formula is C13H14FIN2O4. The van der Waals surface area contributed by atoms with Crippen molar-refractivity contribution in [3.8, 4) is 0 Å². The van der Waals surface area contributed by atoms with Crippen molar-refractivity contribution in [1.29, 1.82) is 0 Å². The van der Waals surface area contributed by atoms with E-state index in [4.69, 9.17) is 5.11 Å². The lowest BCUT2D eigenvalue weighted by molar-refractivity contribution is -0.149. The van der Waals surface area contributed by atoms with E-state index in [-0.39, 0.29) is 6.42 Å². The van der Waals surface area contributed by atoms with Crippen molar-refractivity contribution in [1.82, 2.24) is 5.32 Å². The van der Waals surface area contributed by atoms with E-state index >= 15 is 0 Å². The number of aliphatic carboxylic acids is 1. The van der Waals surface area contributed by atoms with Gasteiger partial charge in [0.2, 0.25) is 5.91 Å². The number of carbonyl (C=O) groups excluding carboxylic acids is 2. The molecule has 0 unspecified atom stereocenters. The van der Waals surface area contributed by atoms with Crippen molar-refractivity contribution in [3.05, 3.63) is 27.6 Å². The fourth-order valence-corrected chi connectivity index (χ4v) is 2.00. The van der Waals surface area contributed by atoms with Crippen LogP contribution in [0.1, 0.15) is 20.3 Å². The summed E-state index contributed by atoms with van der Waals surface area (Å²) in [6, 6.07) is 2.96. The first-order valence-electron chi connectivity index (χ1n) is 5.91. The highest BCUT2D eigenvalue weighted by Gasteiger charge is 2.30. The van der Waals surface area contributed by atoms with Crippen LogP contribution in [0.2, 0.25) is 0 Å². The Labute approximate surface area is 134 Å². The van der Waals surface area contributed by atoms with Gasteiger partial charge in [0, 0.05) is 9.99 Å². The van der Waals surface area contributed by atoms with Crippen molar-refractivity contribution >= 4 is 46.2 Å². The molecule has 0 aliphatic rings. The van der Waals surface area contributed by atoms with Crippen LogP contribution in [0, 0.1) is 14.8 Å². The highest BCUT2D eigenvalue weighted by molar-refractivity contribution is 14.1. The molecule has 1 rings (SSSR count). The Morgan fingerprint density at radius 2 is 1.95 bits per heavy atom. The van der Waals surface area contributed by atoms with Gasteiger partial charge in [-0.2, -0.15) is 0 Å². The average molecular weight is 408 g/mol. The number of benzene rings is 1.